The van der Waals surface area contributed by atoms with Crippen LogP contribution in [0, 0.1) is 5.41 Å². The van der Waals surface area contributed by atoms with Gasteiger partial charge in [-0.15, -0.1) is 0 Å². The van der Waals surface area contributed by atoms with Crippen molar-refractivity contribution in [2.24, 2.45) is 5.41 Å². The maximum absolute atomic E-state index is 5.81. The van der Waals surface area contributed by atoms with Crippen molar-refractivity contribution in [3.05, 3.63) is 35.9 Å². The molecule has 0 radical (unpaired) electrons. The lowest BCUT2D eigenvalue weighted by molar-refractivity contribution is -0.0641. The number of hydrogen-bond donors (Lipinski definition) is 0. The highest BCUT2D eigenvalue weighted by Gasteiger charge is 2.40. The quantitative estimate of drug-likeness (QED) is 0.829. The molecule has 2 nitrogen and oxygen atoms in total. The van der Waals surface area contributed by atoms with Gasteiger partial charge in [-0.2, -0.15) is 0 Å². The fraction of sp³-hybridized carbons (Fsp3) is 0.667. The van der Waals surface area contributed by atoms with E-state index < -0.39 is 0 Å². The van der Waals surface area contributed by atoms with Crippen LogP contribution in [0.4, 0.5) is 0 Å². The molecule has 20 heavy (non-hydrogen) atoms. The zero-order chi connectivity index (χ0) is 13.8. The third kappa shape index (κ3) is 3.07. The molecule has 0 spiro atoms. The van der Waals surface area contributed by atoms with Crippen molar-refractivity contribution < 1.29 is 4.74 Å². The summed E-state index contributed by atoms with van der Waals surface area (Å²) >= 11 is 0. The van der Waals surface area contributed by atoms with E-state index in [2.05, 4.69) is 42.2 Å². The molecule has 2 saturated heterocycles. The molecule has 2 aliphatic rings. The summed E-state index contributed by atoms with van der Waals surface area (Å²) in [6.45, 7) is 6.69. The van der Waals surface area contributed by atoms with Crippen LogP contribution >= 0.6 is 0 Å². The lowest BCUT2D eigenvalue weighted by Crippen LogP contribution is -2.52. The van der Waals surface area contributed by atoms with Gasteiger partial charge in [0.2, 0.25) is 0 Å². The number of nitrogens with zero attached hydrogens (tertiary/aromatic N) is 1. The van der Waals surface area contributed by atoms with Gasteiger partial charge in [0, 0.05) is 24.6 Å². The summed E-state index contributed by atoms with van der Waals surface area (Å²) in [5, 5.41) is 0. The van der Waals surface area contributed by atoms with Crippen LogP contribution in [0.5, 0.6) is 0 Å². The zero-order valence-corrected chi connectivity index (χ0v) is 12.7. The first-order valence-corrected chi connectivity index (χ1v) is 8.14. The summed E-state index contributed by atoms with van der Waals surface area (Å²) in [6.07, 6.45) is 6.62. The molecule has 0 saturated carbocycles. The summed E-state index contributed by atoms with van der Waals surface area (Å²) in [5.74, 6) is 0. The van der Waals surface area contributed by atoms with Crippen LogP contribution in [-0.2, 0) is 11.3 Å². The van der Waals surface area contributed by atoms with E-state index in [1.807, 2.05) is 0 Å². The molecule has 0 aromatic heterocycles. The summed E-state index contributed by atoms with van der Waals surface area (Å²) in [7, 11) is 0. The van der Waals surface area contributed by atoms with Gasteiger partial charge < -0.3 is 4.74 Å². The Morgan fingerprint density at radius 1 is 1.20 bits per heavy atom. The predicted octanol–water partition coefficient (Wildman–Crippen LogP) is 3.86. The normalized spacial score (nSPS) is 32.1. The molecule has 3 rings (SSSR count). The number of piperidine rings is 1. The lowest BCUT2D eigenvalue weighted by atomic mass is 9.73. The van der Waals surface area contributed by atoms with Crippen LogP contribution < -0.4 is 0 Å². The molecule has 2 fully saturated rings. The van der Waals surface area contributed by atoms with Crippen molar-refractivity contribution in [1.29, 1.82) is 0 Å². The Kier molecular flexibility index (Phi) is 4.42. The van der Waals surface area contributed by atoms with E-state index in [9.17, 15) is 0 Å². The average molecular weight is 273 g/mol. The van der Waals surface area contributed by atoms with Crippen molar-refractivity contribution >= 4 is 0 Å². The van der Waals surface area contributed by atoms with Gasteiger partial charge in [0.25, 0.3) is 0 Å². The SMILES string of the molecule is CC1(C2CCCCN2Cc2ccccc2)CCCOC1. The Morgan fingerprint density at radius 3 is 2.80 bits per heavy atom. The topological polar surface area (TPSA) is 12.5 Å². The Morgan fingerprint density at radius 2 is 2.05 bits per heavy atom. The molecule has 2 aliphatic heterocycles. The summed E-state index contributed by atoms with van der Waals surface area (Å²) < 4.78 is 5.81. The summed E-state index contributed by atoms with van der Waals surface area (Å²) in [5.41, 5.74) is 1.80. The van der Waals surface area contributed by atoms with E-state index >= 15 is 0 Å². The number of rotatable bonds is 3. The highest BCUT2D eigenvalue weighted by Crippen LogP contribution is 2.39. The molecule has 0 N–H and O–H groups in total. The molecule has 0 bridgehead atoms. The molecule has 1 aromatic carbocycles. The molecule has 2 heteroatoms. The van der Waals surface area contributed by atoms with Gasteiger partial charge in [0.05, 0.1) is 6.61 Å². The minimum atomic E-state index is 0.355. The van der Waals surface area contributed by atoms with Gasteiger partial charge in [-0.25, -0.2) is 0 Å². The van der Waals surface area contributed by atoms with E-state index in [0.29, 0.717) is 11.5 Å². The van der Waals surface area contributed by atoms with Gasteiger partial charge in [-0.05, 0) is 37.8 Å². The molecule has 0 amide bonds. The van der Waals surface area contributed by atoms with E-state index in [-0.39, 0.29) is 0 Å². The smallest absolute Gasteiger partial charge is 0.0534 e. The Hall–Kier alpha value is -0.860. The van der Waals surface area contributed by atoms with Gasteiger partial charge in [0.1, 0.15) is 0 Å². The number of ether oxygens (including phenoxy) is 1. The second-order valence-corrected chi connectivity index (χ2v) is 6.78. The fourth-order valence-electron chi connectivity index (χ4n) is 4.01. The average Bonchev–Trinajstić information content (AvgIpc) is 2.49. The van der Waals surface area contributed by atoms with Crippen molar-refractivity contribution in [3.8, 4) is 0 Å². The van der Waals surface area contributed by atoms with Crippen LogP contribution in [0.15, 0.2) is 30.3 Å². The van der Waals surface area contributed by atoms with Crippen LogP contribution in [0.25, 0.3) is 0 Å². The van der Waals surface area contributed by atoms with Gasteiger partial charge in [0.15, 0.2) is 0 Å². The zero-order valence-electron chi connectivity index (χ0n) is 12.7. The molecule has 2 atom stereocenters. The second kappa shape index (κ2) is 6.28. The van der Waals surface area contributed by atoms with Crippen LogP contribution in [0.3, 0.4) is 0 Å². The molecular formula is C18H27NO. The largest absolute Gasteiger partial charge is 0.381 e. The van der Waals surface area contributed by atoms with Crippen molar-refractivity contribution in [2.45, 2.75) is 51.6 Å². The van der Waals surface area contributed by atoms with E-state index in [4.69, 9.17) is 4.74 Å². The molecule has 2 heterocycles. The minimum Gasteiger partial charge on any atom is -0.381 e. The van der Waals surface area contributed by atoms with Crippen molar-refractivity contribution in [3.63, 3.8) is 0 Å². The molecule has 2 unspecified atom stereocenters. The molecule has 1 aromatic rings. The Labute approximate surface area is 123 Å². The first-order chi connectivity index (χ1) is 9.78. The third-order valence-electron chi connectivity index (χ3n) is 5.11. The first kappa shape index (κ1) is 14.1. The Balaban J connectivity index is 1.73. The highest BCUT2D eigenvalue weighted by molar-refractivity contribution is 5.15. The van der Waals surface area contributed by atoms with Gasteiger partial charge in [-0.3, -0.25) is 4.90 Å². The third-order valence-corrected chi connectivity index (χ3v) is 5.11. The first-order valence-electron chi connectivity index (χ1n) is 8.14. The number of hydrogen-bond acceptors (Lipinski definition) is 2. The monoisotopic (exact) mass is 273 g/mol. The summed E-state index contributed by atoms with van der Waals surface area (Å²) in [4.78, 5) is 2.72. The van der Waals surface area contributed by atoms with Crippen molar-refractivity contribution in [2.75, 3.05) is 19.8 Å². The lowest BCUT2D eigenvalue weighted by Gasteiger charge is -2.48. The predicted molar refractivity (Wildman–Crippen MR) is 82.7 cm³/mol. The second-order valence-electron chi connectivity index (χ2n) is 6.78. The number of likely N-dealkylation sites (tertiary alicyclic amines) is 1. The highest BCUT2D eigenvalue weighted by atomic mass is 16.5. The van der Waals surface area contributed by atoms with Gasteiger partial charge in [-0.1, -0.05) is 43.7 Å². The molecular weight excluding hydrogens is 246 g/mol. The molecule has 0 aliphatic carbocycles. The van der Waals surface area contributed by atoms with E-state index in [1.54, 1.807) is 0 Å². The molecule has 110 valence electrons. The van der Waals surface area contributed by atoms with Crippen LogP contribution in [0.1, 0.15) is 44.6 Å². The van der Waals surface area contributed by atoms with E-state index in [1.165, 1.54) is 44.2 Å². The summed E-state index contributed by atoms with van der Waals surface area (Å²) in [6, 6.07) is 11.6. The van der Waals surface area contributed by atoms with E-state index in [0.717, 1.165) is 19.8 Å². The minimum absolute atomic E-state index is 0.355. The Bertz CT molecular complexity index is 411. The number of benzene rings is 1. The van der Waals surface area contributed by atoms with Crippen LogP contribution in [-0.4, -0.2) is 30.7 Å². The maximum atomic E-state index is 5.81. The standard InChI is InChI=1S/C18H27NO/c1-18(11-7-13-20-15-18)17-10-5-6-12-19(17)14-16-8-3-2-4-9-16/h2-4,8-9,17H,5-7,10-15H2,1H3. The maximum Gasteiger partial charge on any atom is 0.0534 e. The van der Waals surface area contributed by atoms with Crippen molar-refractivity contribution in [1.82, 2.24) is 4.90 Å². The van der Waals surface area contributed by atoms with Gasteiger partial charge >= 0.3 is 0 Å². The van der Waals surface area contributed by atoms with Crippen LogP contribution in [0.2, 0.25) is 0 Å². The fourth-order valence-corrected chi connectivity index (χ4v) is 4.01.